The van der Waals surface area contributed by atoms with Crippen molar-refractivity contribution in [3.63, 3.8) is 0 Å². The Balaban J connectivity index is 1.55. The zero-order valence-corrected chi connectivity index (χ0v) is 19.2. The van der Waals surface area contributed by atoms with Crippen LogP contribution in [-0.2, 0) is 23.1 Å². The van der Waals surface area contributed by atoms with Gasteiger partial charge < -0.3 is 9.64 Å². The Morgan fingerprint density at radius 2 is 2.06 bits per heavy atom. The molecule has 0 spiro atoms. The van der Waals surface area contributed by atoms with Crippen LogP contribution in [0.1, 0.15) is 33.0 Å². The fraction of sp³-hybridized carbons (Fsp3) is 0.350. The molecule has 2 aromatic heterocycles. The summed E-state index contributed by atoms with van der Waals surface area (Å²) in [6.45, 7) is 4.15. The highest BCUT2D eigenvalue weighted by atomic mass is 35.5. The predicted molar refractivity (Wildman–Crippen MR) is 116 cm³/mol. The number of amides is 1. The first-order valence-electron chi connectivity index (χ1n) is 9.74. The summed E-state index contributed by atoms with van der Waals surface area (Å²) < 4.78 is 45.6. The quantitative estimate of drug-likeness (QED) is 0.541. The maximum absolute atomic E-state index is 13.8. The number of fused-ring (bicyclic) bond motifs is 3. The second-order valence-electron chi connectivity index (χ2n) is 7.57. The number of aromatic nitrogens is 3. The first kappa shape index (κ1) is 22.4. The maximum atomic E-state index is 13.8. The molecule has 0 fully saturated rings. The van der Waals surface area contributed by atoms with Crippen molar-refractivity contribution in [1.82, 2.24) is 24.2 Å². The van der Waals surface area contributed by atoms with E-state index < -0.39 is 15.8 Å². The molecule has 1 aliphatic heterocycles. The standard InChI is InChI=1S/C20H21ClFN5O4S/c1-11-18(21)12(2)27-19(24-11)15-9-26(10-16(15)25-27)20(28)14-5-4-13(22)8-17(14)31-7-6-23-32(3,29)30/h4-5,8,23H,6-7,9-10H2,1-3H3. The number of aryl methyl sites for hydroxylation is 2. The number of rotatable bonds is 6. The summed E-state index contributed by atoms with van der Waals surface area (Å²) in [5.74, 6) is -0.877. The Kier molecular flexibility index (Phi) is 5.82. The third kappa shape index (κ3) is 4.27. The average molecular weight is 482 g/mol. The van der Waals surface area contributed by atoms with Crippen molar-refractivity contribution in [2.75, 3.05) is 19.4 Å². The first-order valence-corrected chi connectivity index (χ1v) is 12.0. The van der Waals surface area contributed by atoms with E-state index in [0.29, 0.717) is 16.4 Å². The van der Waals surface area contributed by atoms with E-state index in [1.54, 1.807) is 9.42 Å². The molecule has 170 valence electrons. The number of ether oxygens (including phenoxy) is 1. The van der Waals surface area contributed by atoms with E-state index in [9.17, 15) is 17.6 Å². The molecule has 9 nitrogen and oxygen atoms in total. The van der Waals surface area contributed by atoms with Gasteiger partial charge in [0.25, 0.3) is 5.91 Å². The second-order valence-corrected chi connectivity index (χ2v) is 9.78. The highest BCUT2D eigenvalue weighted by Crippen LogP contribution is 2.31. The topological polar surface area (TPSA) is 106 Å². The molecule has 12 heteroatoms. The van der Waals surface area contributed by atoms with Crippen molar-refractivity contribution < 1.29 is 22.3 Å². The number of carbonyl (C=O) groups is 1. The molecular weight excluding hydrogens is 461 g/mol. The first-order chi connectivity index (χ1) is 15.0. The van der Waals surface area contributed by atoms with Gasteiger partial charge in [0.15, 0.2) is 5.65 Å². The minimum absolute atomic E-state index is 0.0115. The normalized spacial score (nSPS) is 13.6. The number of hydrogen-bond acceptors (Lipinski definition) is 6. The molecule has 32 heavy (non-hydrogen) atoms. The van der Waals surface area contributed by atoms with Crippen LogP contribution in [0.2, 0.25) is 5.02 Å². The molecule has 0 saturated heterocycles. The molecule has 0 unspecified atom stereocenters. The number of halogens is 2. The largest absolute Gasteiger partial charge is 0.491 e. The molecule has 1 amide bonds. The van der Waals surface area contributed by atoms with Gasteiger partial charge in [0, 0.05) is 18.2 Å². The minimum atomic E-state index is -3.38. The lowest BCUT2D eigenvalue weighted by Crippen LogP contribution is -2.28. The summed E-state index contributed by atoms with van der Waals surface area (Å²) in [4.78, 5) is 19.3. The molecule has 3 heterocycles. The van der Waals surface area contributed by atoms with Crippen LogP contribution in [0.4, 0.5) is 4.39 Å². The van der Waals surface area contributed by atoms with Crippen LogP contribution in [0.3, 0.4) is 0 Å². The molecule has 0 atom stereocenters. The van der Waals surface area contributed by atoms with Crippen LogP contribution in [0.5, 0.6) is 5.75 Å². The van der Waals surface area contributed by atoms with E-state index in [1.807, 2.05) is 13.8 Å². The molecule has 1 aromatic carbocycles. The van der Waals surface area contributed by atoms with E-state index in [4.69, 9.17) is 16.3 Å². The van der Waals surface area contributed by atoms with E-state index in [0.717, 1.165) is 29.3 Å². The van der Waals surface area contributed by atoms with E-state index >= 15 is 0 Å². The van der Waals surface area contributed by atoms with Gasteiger partial charge in [-0.05, 0) is 26.0 Å². The van der Waals surface area contributed by atoms with Crippen LogP contribution in [0.25, 0.3) is 5.65 Å². The van der Waals surface area contributed by atoms with Gasteiger partial charge in [-0.2, -0.15) is 5.10 Å². The van der Waals surface area contributed by atoms with Gasteiger partial charge in [-0.25, -0.2) is 27.0 Å². The van der Waals surface area contributed by atoms with E-state index in [1.165, 1.54) is 12.1 Å². The smallest absolute Gasteiger partial charge is 0.258 e. The van der Waals surface area contributed by atoms with Gasteiger partial charge in [-0.15, -0.1) is 0 Å². The van der Waals surface area contributed by atoms with Gasteiger partial charge in [-0.3, -0.25) is 4.79 Å². The third-order valence-electron chi connectivity index (χ3n) is 5.14. The van der Waals surface area contributed by atoms with Crippen molar-refractivity contribution >= 4 is 33.2 Å². The Bertz CT molecular complexity index is 1340. The van der Waals surface area contributed by atoms with Crippen molar-refractivity contribution in [3.8, 4) is 5.75 Å². The van der Waals surface area contributed by atoms with Crippen molar-refractivity contribution in [1.29, 1.82) is 0 Å². The summed E-state index contributed by atoms with van der Waals surface area (Å²) in [7, 11) is -3.38. The van der Waals surface area contributed by atoms with Gasteiger partial charge in [0.1, 0.15) is 18.2 Å². The van der Waals surface area contributed by atoms with Gasteiger partial charge in [0.05, 0.1) is 47.0 Å². The van der Waals surface area contributed by atoms with Gasteiger partial charge in [0.2, 0.25) is 10.0 Å². The predicted octanol–water partition coefficient (Wildman–Crippen LogP) is 2.22. The summed E-state index contributed by atoms with van der Waals surface area (Å²) in [6.07, 6.45) is 1.02. The Morgan fingerprint density at radius 1 is 1.31 bits per heavy atom. The van der Waals surface area contributed by atoms with E-state index in [2.05, 4.69) is 14.8 Å². The number of hydrogen-bond donors (Lipinski definition) is 1. The van der Waals surface area contributed by atoms with Crippen molar-refractivity contribution in [2.45, 2.75) is 26.9 Å². The summed E-state index contributed by atoms with van der Waals surface area (Å²) in [5.41, 5.74) is 3.84. The lowest BCUT2D eigenvalue weighted by molar-refractivity contribution is 0.0745. The van der Waals surface area contributed by atoms with Crippen molar-refractivity contribution in [3.05, 3.63) is 57.2 Å². The van der Waals surface area contributed by atoms with Crippen LogP contribution in [0, 0.1) is 19.7 Å². The Morgan fingerprint density at radius 3 is 2.78 bits per heavy atom. The zero-order valence-electron chi connectivity index (χ0n) is 17.6. The molecule has 1 N–H and O–H groups in total. The molecule has 1 aliphatic rings. The molecule has 3 aromatic rings. The maximum Gasteiger partial charge on any atom is 0.258 e. The van der Waals surface area contributed by atoms with Crippen LogP contribution >= 0.6 is 11.6 Å². The number of benzene rings is 1. The van der Waals surface area contributed by atoms with Crippen LogP contribution in [0.15, 0.2) is 18.2 Å². The Hall–Kier alpha value is -2.76. The molecule has 0 saturated carbocycles. The lowest BCUT2D eigenvalue weighted by Gasteiger charge is -2.18. The van der Waals surface area contributed by atoms with Crippen LogP contribution in [-0.4, -0.2) is 53.2 Å². The number of nitrogens with one attached hydrogen (secondary N) is 1. The van der Waals surface area contributed by atoms with Crippen LogP contribution < -0.4 is 9.46 Å². The summed E-state index contributed by atoms with van der Waals surface area (Å²) in [6, 6.07) is 3.64. The SMILES string of the molecule is Cc1nc2c3c(nn2c(C)c1Cl)CN(C(=O)c1ccc(F)cc1OCCNS(C)(=O)=O)C3. The highest BCUT2D eigenvalue weighted by molar-refractivity contribution is 7.88. The number of sulfonamides is 1. The lowest BCUT2D eigenvalue weighted by atomic mass is 10.1. The fourth-order valence-electron chi connectivity index (χ4n) is 3.61. The molecule has 4 rings (SSSR count). The monoisotopic (exact) mass is 481 g/mol. The highest BCUT2D eigenvalue weighted by Gasteiger charge is 2.31. The summed E-state index contributed by atoms with van der Waals surface area (Å²) >= 11 is 6.28. The molecule has 0 radical (unpaired) electrons. The van der Waals surface area contributed by atoms with Gasteiger partial charge in [-0.1, -0.05) is 11.6 Å². The molecule has 0 bridgehead atoms. The Labute approximate surface area is 189 Å². The van der Waals surface area contributed by atoms with Gasteiger partial charge >= 0.3 is 0 Å². The second kappa shape index (κ2) is 8.30. The number of carbonyl (C=O) groups excluding carboxylic acids is 1. The van der Waals surface area contributed by atoms with E-state index in [-0.39, 0.29) is 43.5 Å². The fourth-order valence-corrected chi connectivity index (χ4v) is 4.18. The number of nitrogens with zero attached hydrogens (tertiary/aromatic N) is 4. The average Bonchev–Trinajstić information content (AvgIpc) is 3.27. The summed E-state index contributed by atoms with van der Waals surface area (Å²) in [5, 5.41) is 5.11. The van der Waals surface area contributed by atoms with Crippen molar-refractivity contribution in [2.24, 2.45) is 0 Å². The minimum Gasteiger partial charge on any atom is -0.491 e. The molecular formula is C20H21ClFN5O4S. The molecule has 0 aliphatic carbocycles. The zero-order chi connectivity index (χ0) is 23.2. The third-order valence-corrected chi connectivity index (χ3v) is 6.42.